The second-order valence-corrected chi connectivity index (χ2v) is 2.92. The van der Waals surface area contributed by atoms with Gasteiger partial charge in [-0.2, -0.15) is 0 Å². The molecule has 0 fully saturated rings. The van der Waals surface area contributed by atoms with Crippen LogP contribution in [0.2, 0.25) is 0 Å². The summed E-state index contributed by atoms with van der Waals surface area (Å²) in [6.07, 6.45) is 4.39. The standard InChI is InChI=1S/C7H10N.Ru/c1-2-3-7-4-5-8-6-7;/h4-5,8H,2-3H2,1H3;. The van der Waals surface area contributed by atoms with Crippen molar-refractivity contribution in [3.05, 3.63) is 17.8 Å². The monoisotopic (exact) mass is 210 g/mol. The average molecular weight is 209 g/mol. The van der Waals surface area contributed by atoms with Gasteiger partial charge in [-0.05, 0) is 0 Å². The molecule has 0 aliphatic carbocycles. The van der Waals surface area contributed by atoms with Gasteiger partial charge in [0.15, 0.2) is 0 Å². The van der Waals surface area contributed by atoms with Crippen molar-refractivity contribution in [1.82, 2.24) is 4.98 Å². The Morgan fingerprint density at radius 3 is 2.89 bits per heavy atom. The molecule has 51 valence electrons. The third kappa shape index (κ3) is 1.65. The van der Waals surface area contributed by atoms with Crippen molar-refractivity contribution in [2.24, 2.45) is 0 Å². The van der Waals surface area contributed by atoms with Gasteiger partial charge in [-0.15, -0.1) is 0 Å². The topological polar surface area (TPSA) is 15.8 Å². The number of nitrogens with one attached hydrogen (secondary N) is 1. The molecule has 0 saturated heterocycles. The van der Waals surface area contributed by atoms with Crippen LogP contribution >= 0.6 is 0 Å². The van der Waals surface area contributed by atoms with Crippen molar-refractivity contribution in [3.63, 3.8) is 0 Å². The zero-order chi connectivity index (χ0) is 6.69. The molecule has 1 N–H and O–H groups in total. The molecule has 0 amide bonds. The van der Waals surface area contributed by atoms with Crippen molar-refractivity contribution in [2.75, 3.05) is 0 Å². The molecule has 1 aromatic rings. The van der Waals surface area contributed by atoms with Gasteiger partial charge in [-0.25, -0.2) is 0 Å². The predicted molar refractivity (Wildman–Crippen MR) is 34.4 cm³/mol. The molecule has 9 heavy (non-hydrogen) atoms. The molecule has 0 radical (unpaired) electrons. The van der Waals surface area contributed by atoms with E-state index in [0.29, 0.717) is 0 Å². The quantitative estimate of drug-likeness (QED) is 0.703. The molecule has 0 aliphatic heterocycles. The van der Waals surface area contributed by atoms with Gasteiger partial charge in [0.1, 0.15) is 0 Å². The first kappa shape index (κ1) is 7.02. The van der Waals surface area contributed by atoms with Gasteiger partial charge < -0.3 is 0 Å². The number of aromatic nitrogens is 1. The first-order valence-electron chi connectivity index (χ1n) is 3.15. The molecule has 0 bridgehead atoms. The van der Waals surface area contributed by atoms with E-state index in [1.165, 1.54) is 22.7 Å². The van der Waals surface area contributed by atoms with Crippen molar-refractivity contribution in [3.8, 4) is 0 Å². The van der Waals surface area contributed by atoms with Crippen molar-refractivity contribution in [1.29, 1.82) is 0 Å². The minimum absolute atomic E-state index is 1.19. The fourth-order valence-corrected chi connectivity index (χ4v) is 1.34. The molecule has 1 aromatic heterocycles. The van der Waals surface area contributed by atoms with Crippen LogP contribution in [0.5, 0.6) is 0 Å². The van der Waals surface area contributed by atoms with Crippen LogP contribution < -0.4 is 4.29 Å². The molecule has 0 aromatic carbocycles. The second kappa shape index (κ2) is 3.17. The van der Waals surface area contributed by atoms with Crippen molar-refractivity contribution < 1.29 is 18.3 Å². The van der Waals surface area contributed by atoms with E-state index in [9.17, 15) is 0 Å². The number of aryl methyl sites for hydroxylation is 1. The molecule has 0 unspecified atom stereocenters. The first-order chi connectivity index (χ1) is 4.34. The summed E-state index contributed by atoms with van der Waals surface area (Å²) in [5.41, 5.74) is 1.42. The van der Waals surface area contributed by atoms with Crippen LogP contribution in [-0.2, 0) is 24.7 Å². The molecular weight excluding hydrogens is 199 g/mol. The molecule has 0 atom stereocenters. The van der Waals surface area contributed by atoms with Crippen molar-refractivity contribution >= 4 is 4.29 Å². The summed E-state index contributed by atoms with van der Waals surface area (Å²) >= 11 is 2.60. The van der Waals surface area contributed by atoms with Crippen LogP contribution in [-0.4, -0.2) is 4.98 Å². The molecule has 0 aliphatic rings. The van der Waals surface area contributed by atoms with Crippen LogP contribution in [0.15, 0.2) is 12.3 Å². The zero-order valence-corrected chi connectivity index (χ0v) is 7.16. The Kier molecular flexibility index (Phi) is 2.47. The zero-order valence-electron chi connectivity index (χ0n) is 5.42. The Bertz CT molecular complexity index is 181. The fraction of sp³-hybridized carbons (Fsp3) is 0.429. The molecule has 2 heteroatoms. The molecule has 1 heterocycles. The average Bonchev–Trinajstić information content (AvgIpc) is 2.18. The molecule has 0 spiro atoms. The third-order valence-electron chi connectivity index (χ3n) is 1.28. The van der Waals surface area contributed by atoms with E-state index >= 15 is 0 Å². The van der Waals surface area contributed by atoms with E-state index < -0.39 is 0 Å². The summed E-state index contributed by atoms with van der Waals surface area (Å²) in [6, 6.07) is 2.13. The maximum absolute atomic E-state index is 3.12. The predicted octanol–water partition coefficient (Wildman–Crippen LogP) is 1.14. The second-order valence-electron chi connectivity index (χ2n) is 2.05. The Balaban J connectivity index is 2.69. The number of H-pyrrole nitrogens is 1. The Labute approximate surface area is 65.5 Å². The summed E-state index contributed by atoms with van der Waals surface area (Å²) in [4.78, 5) is 3.12. The van der Waals surface area contributed by atoms with E-state index in [-0.39, 0.29) is 0 Å². The van der Waals surface area contributed by atoms with Gasteiger partial charge in [-0.3, -0.25) is 0 Å². The molecule has 1 rings (SSSR count). The van der Waals surface area contributed by atoms with Crippen LogP contribution in [0.1, 0.15) is 18.9 Å². The van der Waals surface area contributed by atoms with Gasteiger partial charge in [0.05, 0.1) is 0 Å². The molecule has 0 saturated carbocycles. The third-order valence-corrected chi connectivity index (χ3v) is 2.09. The SMILES string of the molecule is CCCc1cc[nH][c]1[Ru]. The minimum atomic E-state index is 1.19. The Hall–Kier alpha value is -0.0966. The van der Waals surface area contributed by atoms with Gasteiger partial charge >= 0.3 is 65.2 Å². The fourth-order valence-electron chi connectivity index (χ4n) is 0.837. The van der Waals surface area contributed by atoms with Crippen molar-refractivity contribution in [2.45, 2.75) is 19.8 Å². The van der Waals surface area contributed by atoms with E-state index in [4.69, 9.17) is 0 Å². The van der Waals surface area contributed by atoms with Crippen LogP contribution in [0.25, 0.3) is 0 Å². The van der Waals surface area contributed by atoms with E-state index in [1.807, 2.05) is 6.20 Å². The summed E-state index contributed by atoms with van der Waals surface area (Å²) in [5.74, 6) is 0. The van der Waals surface area contributed by atoms with Crippen LogP contribution in [0.3, 0.4) is 0 Å². The van der Waals surface area contributed by atoms with Gasteiger partial charge in [0.25, 0.3) is 0 Å². The number of aromatic amines is 1. The summed E-state index contributed by atoms with van der Waals surface area (Å²) in [5, 5.41) is 0. The Morgan fingerprint density at radius 2 is 2.44 bits per heavy atom. The van der Waals surface area contributed by atoms with Gasteiger partial charge in [0, 0.05) is 0 Å². The number of rotatable bonds is 2. The van der Waals surface area contributed by atoms with Crippen LogP contribution in [0.4, 0.5) is 0 Å². The molecular formula is C7H10NRu. The van der Waals surface area contributed by atoms with Crippen LogP contribution in [0, 0.1) is 0 Å². The summed E-state index contributed by atoms with van der Waals surface area (Å²) < 4.78 is 1.25. The normalized spacial score (nSPS) is 10.0. The summed E-state index contributed by atoms with van der Waals surface area (Å²) in [7, 11) is 0. The number of hydrogen-bond donors (Lipinski definition) is 1. The number of hydrogen-bond acceptors (Lipinski definition) is 0. The molecule has 1 nitrogen and oxygen atoms in total. The van der Waals surface area contributed by atoms with Gasteiger partial charge in [-0.1, -0.05) is 0 Å². The first-order valence-corrected chi connectivity index (χ1v) is 4.02. The van der Waals surface area contributed by atoms with E-state index in [2.05, 4.69) is 36.3 Å². The van der Waals surface area contributed by atoms with Gasteiger partial charge in [0.2, 0.25) is 0 Å². The van der Waals surface area contributed by atoms with E-state index in [1.54, 1.807) is 0 Å². The van der Waals surface area contributed by atoms with E-state index in [0.717, 1.165) is 0 Å². The maximum atomic E-state index is 3.12. The Morgan fingerprint density at radius 1 is 1.67 bits per heavy atom. The summed E-state index contributed by atoms with van der Waals surface area (Å²) in [6.45, 7) is 2.19.